The predicted octanol–water partition coefficient (Wildman–Crippen LogP) is 6.28. The molecule has 2 aromatic heterocycles. The maximum Gasteiger partial charge on any atom is 0.354 e. The molecule has 1 N–H and O–H groups in total. The Labute approximate surface area is 243 Å². The van der Waals surface area contributed by atoms with Gasteiger partial charge in [0, 0.05) is 36.2 Å². The van der Waals surface area contributed by atoms with Gasteiger partial charge in [-0.1, -0.05) is 30.3 Å². The summed E-state index contributed by atoms with van der Waals surface area (Å²) in [6, 6.07) is 10.3. The summed E-state index contributed by atoms with van der Waals surface area (Å²) < 4.78 is 28.2. The minimum atomic E-state index is -1.12. The molecule has 1 aliphatic heterocycles. The summed E-state index contributed by atoms with van der Waals surface area (Å²) >= 11 is 5.87. The smallest absolute Gasteiger partial charge is 0.354 e. The second-order valence-electron chi connectivity index (χ2n) is 10.7. The van der Waals surface area contributed by atoms with Crippen LogP contribution in [0.4, 0.5) is 10.2 Å². The van der Waals surface area contributed by atoms with Crippen molar-refractivity contribution in [1.82, 2.24) is 14.5 Å². The van der Waals surface area contributed by atoms with Gasteiger partial charge in [-0.25, -0.2) is 24.1 Å². The van der Waals surface area contributed by atoms with Crippen molar-refractivity contribution in [1.29, 1.82) is 0 Å². The van der Waals surface area contributed by atoms with E-state index in [1.165, 1.54) is 12.1 Å². The molecule has 0 radical (unpaired) electrons. The second-order valence-corrected chi connectivity index (χ2v) is 11.1. The first-order chi connectivity index (χ1) is 19.8. The van der Waals surface area contributed by atoms with Crippen LogP contribution in [0.25, 0.3) is 0 Å². The molecule has 2 fully saturated rings. The molecular formula is C31H34ClFN4O4. The molecule has 0 spiro atoms. The first-order valence-electron chi connectivity index (χ1n) is 14.0. The Morgan fingerprint density at radius 1 is 1.24 bits per heavy atom. The number of carbonyl (C=O) groups is 1. The number of aromatic nitrogens is 3. The largest absolute Gasteiger partial charge is 0.477 e. The third-order valence-electron chi connectivity index (χ3n) is 7.73. The number of carboxylic acid groups (broad SMARTS) is 1. The Balaban J connectivity index is 1.22. The van der Waals surface area contributed by atoms with Gasteiger partial charge >= 0.3 is 5.97 Å². The van der Waals surface area contributed by atoms with Gasteiger partial charge in [0.05, 0.1) is 18.3 Å². The van der Waals surface area contributed by atoms with E-state index in [9.17, 15) is 14.3 Å². The number of imidazole rings is 1. The summed E-state index contributed by atoms with van der Waals surface area (Å²) in [6.07, 6.45) is 7.19. The lowest BCUT2D eigenvalue weighted by molar-refractivity contribution is -0.129. The molecule has 0 bridgehead atoms. The zero-order valence-corrected chi connectivity index (χ0v) is 23.8. The molecule has 1 aromatic carbocycles. The minimum Gasteiger partial charge on any atom is -0.477 e. The molecule has 10 heteroatoms. The Morgan fingerprint density at radius 2 is 2.02 bits per heavy atom. The Morgan fingerprint density at radius 3 is 2.68 bits per heavy atom. The number of pyridine rings is 1. The molecule has 216 valence electrons. The van der Waals surface area contributed by atoms with Gasteiger partial charge in [0.25, 0.3) is 0 Å². The van der Waals surface area contributed by atoms with E-state index in [1.54, 1.807) is 12.1 Å². The van der Waals surface area contributed by atoms with Crippen LogP contribution >= 0.6 is 11.6 Å². The van der Waals surface area contributed by atoms with Crippen LogP contribution in [-0.2, 0) is 28.9 Å². The normalized spacial score (nSPS) is 20.9. The van der Waals surface area contributed by atoms with Crippen LogP contribution in [0, 0.1) is 18.7 Å². The number of carboxylic acids is 1. The topological polar surface area (TPSA) is 98.8 Å². The van der Waals surface area contributed by atoms with Crippen molar-refractivity contribution in [3.8, 4) is 5.88 Å². The van der Waals surface area contributed by atoms with Gasteiger partial charge in [0.2, 0.25) is 5.88 Å². The number of aryl methyl sites for hydroxylation is 1. The van der Waals surface area contributed by atoms with E-state index in [0.29, 0.717) is 46.9 Å². The number of hydrogen-bond acceptors (Lipinski definition) is 6. The standard InChI is InChI=1S/C31H34ClFN4O4/c1-3-27(31(38)39)36-30-19(2)34-28(37(30)18-25-13-14-40-25)15-20-7-11-24(12-8-20)41-29-6-4-5-23(35-29)16-21-9-10-22(32)17-26(21)33/h3-6,9-10,17,20,24-25H,1,7-8,11-16,18H2,2H3,(H,38,39)/t20?,24?,25-/m0/s1. The van der Waals surface area contributed by atoms with Crippen LogP contribution < -0.4 is 4.74 Å². The lowest BCUT2D eigenvalue weighted by Gasteiger charge is -2.30. The Kier molecular flexibility index (Phi) is 9.15. The van der Waals surface area contributed by atoms with Crippen LogP contribution in [0.5, 0.6) is 5.88 Å². The molecule has 1 saturated carbocycles. The number of benzene rings is 1. The third-order valence-corrected chi connectivity index (χ3v) is 7.96. The third kappa shape index (κ3) is 7.21. The molecule has 3 aromatic rings. The van der Waals surface area contributed by atoms with E-state index in [1.807, 2.05) is 29.7 Å². The molecular weight excluding hydrogens is 547 g/mol. The molecule has 5 rings (SSSR count). The van der Waals surface area contributed by atoms with Gasteiger partial charge < -0.3 is 19.1 Å². The van der Waals surface area contributed by atoms with Crippen LogP contribution in [0.1, 0.15) is 54.9 Å². The van der Waals surface area contributed by atoms with Crippen molar-refractivity contribution in [3.05, 3.63) is 82.7 Å². The lowest BCUT2D eigenvalue weighted by Crippen LogP contribution is -2.32. The van der Waals surface area contributed by atoms with Crippen LogP contribution in [-0.4, -0.2) is 50.1 Å². The van der Waals surface area contributed by atoms with Crippen LogP contribution in [0.3, 0.4) is 0 Å². The molecule has 0 unspecified atom stereocenters. The van der Waals surface area contributed by atoms with Gasteiger partial charge in [0.15, 0.2) is 5.82 Å². The fraction of sp³-hybridized carbons (Fsp3) is 0.419. The molecule has 8 nitrogen and oxygen atoms in total. The summed E-state index contributed by atoms with van der Waals surface area (Å²) in [7, 11) is 0. The summed E-state index contributed by atoms with van der Waals surface area (Å²) in [5, 5.41) is 9.83. The second kappa shape index (κ2) is 13.0. The maximum absolute atomic E-state index is 14.2. The van der Waals surface area contributed by atoms with Gasteiger partial charge in [-0.3, -0.25) is 0 Å². The quantitative estimate of drug-likeness (QED) is 0.268. The van der Waals surface area contributed by atoms with E-state index in [0.717, 1.165) is 56.7 Å². The van der Waals surface area contributed by atoms with Gasteiger partial charge in [-0.05, 0) is 74.8 Å². The Hall–Kier alpha value is -3.56. The highest BCUT2D eigenvalue weighted by molar-refractivity contribution is 6.40. The minimum absolute atomic E-state index is 0.0528. The Bertz CT molecular complexity index is 1440. The fourth-order valence-corrected chi connectivity index (χ4v) is 5.56. The van der Waals surface area contributed by atoms with E-state index in [-0.39, 0.29) is 23.7 Å². The number of halogens is 2. The van der Waals surface area contributed by atoms with Crippen molar-refractivity contribution < 1.29 is 23.8 Å². The molecule has 2 aliphatic rings. The van der Waals surface area contributed by atoms with Gasteiger partial charge in [-0.2, -0.15) is 0 Å². The molecule has 1 atom stereocenters. The summed E-state index contributed by atoms with van der Waals surface area (Å²) in [6.45, 7) is 6.78. The van der Waals surface area contributed by atoms with Gasteiger partial charge in [0.1, 0.15) is 23.5 Å². The van der Waals surface area contributed by atoms with Crippen LogP contribution in [0.2, 0.25) is 5.02 Å². The molecule has 3 heterocycles. The highest BCUT2D eigenvalue weighted by Gasteiger charge is 2.28. The van der Waals surface area contributed by atoms with E-state index < -0.39 is 5.97 Å². The van der Waals surface area contributed by atoms with Crippen molar-refractivity contribution in [2.75, 3.05) is 6.61 Å². The summed E-state index contributed by atoms with van der Waals surface area (Å²) in [5.74, 6) is 0.949. The zero-order chi connectivity index (χ0) is 28.9. The SMILES string of the molecule is C=CC(=Nc1c(C)nc(CC2CCC(Oc3cccc(Cc4ccc(Cl)cc4F)n3)CC2)n1C[C@@H]1CCO1)C(=O)O. The average Bonchev–Trinajstić information content (AvgIpc) is 3.20. The maximum atomic E-state index is 14.2. The number of aliphatic carboxylic acids is 1. The number of hydrogen-bond donors (Lipinski definition) is 1. The van der Waals surface area contributed by atoms with E-state index in [4.69, 9.17) is 26.1 Å². The molecule has 1 saturated heterocycles. The predicted molar refractivity (Wildman–Crippen MR) is 155 cm³/mol. The zero-order valence-electron chi connectivity index (χ0n) is 23.1. The summed E-state index contributed by atoms with van der Waals surface area (Å²) in [4.78, 5) is 25.4. The van der Waals surface area contributed by atoms with Crippen LogP contribution in [0.15, 0.2) is 54.0 Å². The monoisotopic (exact) mass is 580 g/mol. The first kappa shape index (κ1) is 29.0. The highest BCUT2D eigenvalue weighted by atomic mass is 35.5. The number of rotatable bonds is 11. The fourth-order valence-electron chi connectivity index (χ4n) is 5.40. The van der Waals surface area contributed by atoms with Crippen molar-refractivity contribution >= 4 is 29.1 Å². The van der Waals surface area contributed by atoms with Gasteiger partial charge in [-0.15, -0.1) is 0 Å². The average molecular weight is 581 g/mol. The summed E-state index contributed by atoms with van der Waals surface area (Å²) in [5.41, 5.74) is 1.86. The van der Waals surface area contributed by atoms with Crippen molar-refractivity contribution in [2.24, 2.45) is 10.9 Å². The lowest BCUT2D eigenvalue weighted by atomic mass is 9.85. The molecule has 1 aliphatic carbocycles. The number of nitrogens with zero attached hydrogens (tertiary/aromatic N) is 4. The van der Waals surface area contributed by atoms with Crippen molar-refractivity contribution in [3.63, 3.8) is 0 Å². The first-order valence-corrected chi connectivity index (χ1v) is 14.4. The number of aliphatic imine (C=N–C) groups is 1. The van der Waals surface area contributed by atoms with E-state index in [2.05, 4.69) is 16.6 Å². The molecule has 41 heavy (non-hydrogen) atoms. The van der Waals surface area contributed by atoms with E-state index >= 15 is 0 Å². The molecule has 0 amide bonds. The van der Waals surface area contributed by atoms with Crippen molar-refractivity contribution in [2.45, 2.75) is 70.6 Å². The number of ether oxygens (including phenoxy) is 2. The highest BCUT2D eigenvalue weighted by Crippen LogP contribution is 2.32.